The van der Waals surface area contributed by atoms with Crippen LogP contribution in [0.3, 0.4) is 0 Å². The molecule has 116 valence electrons. The molecule has 0 fully saturated rings. The van der Waals surface area contributed by atoms with E-state index in [0.717, 1.165) is 16.8 Å². The number of pyridine rings is 1. The maximum atomic E-state index is 11.1. The van der Waals surface area contributed by atoms with Crippen molar-refractivity contribution >= 4 is 23.1 Å². The predicted octanol–water partition coefficient (Wildman–Crippen LogP) is 3.99. The molecular formula is C17H16N4O2. The number of imidazole rings is 1. The molecule has 3 aromatic rings. The maximum Gasteiger partial charge on any atom is 0.309 e. The van der Waals surface area contributed by atoms with Crippen molar-refractivity contribution in [3.63, 3.8) is 0 Å². The van der Waals surface area contributed by atoms with Crippen molar-refractivity contribution in [3.05, 3.63) is 59.4 Å². The SMILES string of the molecule is Cc1ccc2nc(CC(=O)O)c(N=Nc3ccccc3C)n2c1. The van der Waals surface area contributed by atoms with Gasteiger partial charge in [-0.1, -0.05) is 24.3 Å². The summed E-state index contributed by atoms with van der Waals surface area (Å²) in [6, 6.07) is 11.4. The highest BCUT2D eigenvalue weighted by molar-refractivity contribution is 5.72. The lowest BCUT2D eigenvalue weighted by Crippen LogP contribution is -2.00. The van der Waals surface area contributed by atoms with Gasteiger partial charge in [-0.05, 0) is 37.1 Å². The fraction of sp³-hybridized carbons (Fsp3) is 0.176. The van der Waals surface area contributed by atoms with E-state index in [2.05, 4.69) is 15.2 Å². The molecule has 6 heteroatoms. The van der Waals surface area contributed by atoms with Crippen LogP contribution in [0.15, 0.2) is 52.8 Å². The first-order valence-electron chi connectivity index (χ1n) is 7.21. The zero-order valence-electron chi connectivity index (χ0n) is 12.9. The van der Waals surface area contributed by atoms with Crippen molar-refractivity contribution in [1.82, 2.24) is 9.38 Å². The van der Waals surface area contributed by atoms with Gasteiger partial charge < -0.3 is 5.11 Å². The second-order valence-corrected chi connectivity index (χ2v) is 5.37. The van der Waals surface area contributed by atoms with Crippen molar-refractivity contribution in [2.75, 3.05) is 0 Å². The van der Waals surface area contributed by atoms with Gasteiger partial charge in [0, 0.05) is 6.20 Å². The van der Waals surface area contributed by atoms with Gasteiger partial charge in [0.2, 0.25) is 0 Å². The molecule has 0 aliphatic rings. The van der Waals surface area contributed by atoms with Gasteiger partial charge in [-0.2, -0.15) is 0 Å². The van der Waals surface area contributed by atoms with Crippen LogP contribution in [0, 0.1) is 13.8 Å². The van der Waals surface area contributed by atoms with E-state index < -0.39 is 5.97 Å². The predicted molar refractivity (Wildman–Crippen MR) is 86.6 cm³/mol. The molecule has 0 spiro atoms. The summed E-state index contributed by atoms with van der Waals surface area (Å²) >= 11 is 0. The van der Waals surface area contributed by atoms with E-state index in [9.17, 15) is 4.79 Å². The number of azo groups is 1. The lowest BCUT2D eigenvalue weighted by Gasteiger charge is -2.00. The quantitative estimate of drug-likeness (QED) is 0.740. The molecule has 0 amide bonds. The monoisotopic (exact) mass is 308 g/mol. The molecule has 23 heavy (non-hydrogen) atoms. The Morgan fingerprint density at radius 1 is 1.17 bits per heavy atom. The van der Waals surface area contributed by atoms with Crippen molar-refractivity contribution < 1.29 is 9.90 Å². The number of aliphatic carboxylic acids is 1. The Morgan fingerprint density at radius 2 is 1.96 bits per heavy atom. The van der Waals surface area contributed by atoms with Crippen LogP contribution in [0.25, 0.3) is 5.65 Å². The van der Waals surface area contributed by atoms with Crippen LogP contribution in [-0.2, 0) is 11.2 Å². The molecule has 0 aliphatic carbocycles. The highest BCUT2D eigenvalue weighted by Gasteiger charge is 2.15. The fourth-order valence-corrected chi connectivity index (χ4v) is 2.33. The third-order valence-corrected chi connectivity index (χ3v) is 3.50. The number of carboxylic acids is 1. The average molecular weight is 308 g/mol. The van der Waals surface area contributed by atoms with Crippen molar-refractivity contribution in [2.24, 2.45) is 10.2 Å². The molecule has 2 aromatic heterocycles. The molecule has 2 heterocycles. The summed E-state index contributed by atoms with van der Waals surface area (Å²) in [7, 11) is 0. The van der Waals surface area contributed by atoms with Crippen molar-refractivity contribution in [3.8, 4) is 0 Å². The summed E-state index contributed by atoms with van der Waals surface area (Å²) in [5.41, 5.74) is 3.84. The van der Waals surface area contributed by atoms with E-state index in [1.54, 1.807) is 4.40 Å². The number of aromatic nitrogens is 2. The number of nitrogens with zero attached hydrogens (tertiary/aromatic N) is 4. The molecule has 3 rings (SSSR count). The van der Waals surface area contributed by atoms with Gasteiger partial charge >= 0.3 is 5.97 Å². The van der Waals surface area contributed by atoms with Gasteiger partial charge in [-0.25, -0.2) is 4.98 Å². The van der Waals surface area contributed by atoms with Crippen LogP contribution in [0.2, 0.25) is 0 Å². The Balaban J connectivity index is 2.12. The summed E-state index contributed by atoms with van der Waals surface area (Å²) in [5.74, 6) is -0.494. The highest BCUT2D eigenvalue weighted by atomic mass is 16.4. The van der Waals surface area contributed by atoms with E-state index in [1.165, 1.54) is 0 Å². The van der Waals surface area contributed by atoms with Crippen LogP contribution in [0.1, 0.15) is 16.8 Å². The minimum atomic E-state index is -0.947. The Bertz CT molecular complexity index is 912. The molecule has 1 N–H and O–H groups in total. The lowest BCUT2D eigenvalue weighted by atomic mass is 10.2. The fourth-order valence-electron chi connectivity index (χ4n) is 2.33. The van der Waals surface area contributed by atoms with Gasteiger partial charge in [0.25, 0.3) is 0 Å². The van der Waals surface area contributed by atoms with Gasteiger partial charge in [-0.3, -0.25) is 9.20 Å². The normalized spacial score (nSPS) is 11.4. The first-order chi connectivity index (χ1) is 11.0. The van der Waals surface area contributed by atoms with Crippen LogP contribution < -0.4 is 0 Å². The molecule has 0 saturated heterocycles. The highest BCUT2D eigenvalue weighted by Crippen LogP contribution is 2.26. The van der Waals surface area contributed by atoms with Crippen molar-refractivity contribution in [2.45, 2.75) is 20.3 Å². The number of aryl methyl sites for hydroxylation is 2. The second kappa shape index (κ2) is 6.00. The summed E-state index contributed by atoms with van der Waals surface area (Å²) in [5, 5.41) is 17.6. The average Bonchev–Trinajstić information content (AvgIpc) is 2.82. The second-order valence-electron chi connectivity index (χ2n) is 5.37. The van der Waals surface area contributed by atoms with E-state index in [1.807, 2.05) is 56.4 Å². The lowest BCUT2D eigenvalue weighted by molar-refractivity contribution is -0.136. The van der Waals surface area contributed by atoms with Gasteiger partial charge in [0.05, 0.1) is 17.8 Å². The molecule has 0 radical (unpaired) electrons. The molecule has 0 atom stereocenters. The number of fused-ring (bicyclic) bond motifs is 1. The summed E-state index contributed by atoms with van der Waals surface area (Å²) in [6.45, 7) is 3.91. The van der Waals surface area contributed by atoms with E-state index >= 15 is 0 Å². The van der Waals surface area contributed by atoms with Crippen LogP contribution in [0.4, 0.5) is 11.5 Å². The third-order valence-electron chi connectivity index (χ3n) is 3.50. The summed E-state index contributed by atoms with van der Waals surface area (Å²) in [6.07, 6.45) is 1.68. The number of hydrogen-bond donors (Lipinski definition) is 1. The molecule has 0 aliphatic heterocycles. The zero-order valence-corrected chi connectivity index (χ0v) is 12.9. The van der Waals surface area contributed by atoms with Crippen molar-refractivity contribution in [1.29, 1.82) is 0 Å². The Labute approximate surface area is 133 Å². The van der Waals surface area contributed by atoms with E-state index in [-0.39, 0.29) is 6.42 Å². The molecule has 6 nitrogen and oxygen atoms in total. The molecule has 0 bridgehead atoms. The van der Waals surface area contributed by atoms with E-state index in [0.29, 0.717) is 17.2 Å². The largest absolute Gasteiger partial charge is 0.481 e. The molecule has 0 saturated carbocycles. The van der Waals surface area contributed by atoms with Crippen LogP contribution in [-0.4, -0.2) is 20.5 Å². The first-order valence-corrected chi connectivity index (χ1v) is 7.21. The Hall–Kier alpha value is -3.02. The van der Waals surface area contributed by atoms with Gasteiger partial charge in [-0.15, -0.1) is 10.2 Å². The zero-order chi connectivity index (χ0) is 16.4. The standard InChI is InChI=1S/C17H16N4O2/c1-11-7-8-15-18-14(9-16(22)23)17(21(15)10-11)20-19-13-6-4-3-5-12(13)2/h3-8,10H,9H2,1-2H3,(H,22,23). The third kappa shape index (κ3) is 3.11. The minimum Gasteiger partial charge on any atom is -0.481 e. The number of rotatable bonds is 4. The minimum absolute atomic E-state index is 0.192. The van der Waals surface area contributed by atoms with E-state index in [4.69, 9.17) is 5.11 Å². The first kappa shape index (κ1) is 14.9. The number of hydrogen-bond acceptors (Lipinski definition) is 4. The van der Waals surface area contributed by atoms with Crippen LogP contribution >= 0.6 is 0 Å². The maximum absolute atomic E-state index is 11.1. The van der Waals surface area contributed by atoms with Gasteiger partial charge in [0.15, 0.2) is 5.82 Å². The number of benzene rings is 1. The summed E-state index contributed by atoms with van der Waals surface area (Å²) < 4.78 is 1.77. The molecule has 0 unspecified atom stereocenters. The molecular weight excluding hydrogens is 292 g/mol. The van der Waals surface area contributed by atoms with Crippen LogP contribution in [0.5, 0.6) is 0 Å². The Morgan fingerprint density at radius 3 is 2.70 bits per heavy atom. The number of carbonyl (C=O) groups is 1. The topological polar surface area (TPSA) is 79.3 Å². The van der Waals surface area contributed by atoms with Gasteiger partial charge in [0.1, 0.15) is 5.65 Å². The Kier molecular flexibility index (Phi) is 3.89. The summed E-state index contributed by atoms with van der Waals surface area (Å²) in [4.78, 5) is 15.4. The molecule has 1 aromatic carbocycles. The smallest absolute Gasteiger partial charge is 0.309 e. The number of carboxylic acid groups (broad SMARTS) is 1.